The van der Waals surface area contributed by atoms with Crippen molar-refractivity contribution in [2.24, 2.45) is 11.7 Å². The van der Waals surface area contributed by atoms with E-state index in [9.17, 15) is 9.59 Å². The smallest absolute Gasteiger partial charge is 0.323 e. The van der Waals surface area contributed by atoms with Crippen LogP contribution in [0, 0.1) is 5.92 Å². The monoisotopic (exact) mass is 189 g/mol. The Kier molecular flexibility index (Phi) is 5.06. The van der Waals surface area contributed by atoms with Crippen molar-refractivity contribution in [1.29, 1.82) is 0 Å². The molecule has 13 heavy (non-hydrogen) atoms. The van der Waals surface area contributed by atoms with Crippen molar-refractivity contribution >= 4 is 11.9 Å². The molecule has 0 aromatic rings. The standard InChI is InChI=1S/C8H15NO4/c1-5(2)7(9)8(12)13-4-3-6(10)11/h5,7H,3-4,9H2,1-2H3,(H,10,11)/t7-/m1/s1. The highest BCUT2D eigenvalue weighted by Gasteiger charge is 2.18. The lowest BCUT2D eigenvalue weighted by molar-refractivity contribution is -0.148. The summed E-state index contributed by atoms with van der Waals surface area (Å²) in [5, 5.41) is 8.25. The lowest BCUT2D eigenvalue weighted by Gasteiger charge is -2.13. The number of carboxylic acids is 1. The van der Waals surface area contributed by atoms with Crippen LogP contribution >= 0.6 is 0 Å². The third kappa shape index (κ3) is 5.19. The van der Waals surface area contributed by atoms with Crippen molar-refractivity contribution in [1.82, 2.24) is 0 Å². The van der Waals surface area contributed by atoms with E-state index in [4.69, 9.17) is 10.8 Å². The van der Waals surface area contributed by atoms with E-state index < -0.39 is 18.0 Å². The molecule has 0 radical (unpaired) electrons. The first-order valence-corrected chi connectivity index (χ1v) is 4.09. The second kappa shape index (κ2) is 5.53. The highest BCUT2D eigenvalue weighted by Crippen LogP contribution is 2.00. The van der Waals surface area contributed by atoms with Gasteiger partial charge < -0.3 is 15.6 Å². The Morgan fingerprint density at radius 1 is 1.46 bits per heavy atom. The van der Waals surface area contributed by atoms with Gasteiger partial charge in [-0.1, -0.05) is 13.8 Å². The molecule has 3 N–H and O–H groups in total. The molecule has 0 aromatic heterocycles. The third-order valence-electron chi connectivity index (χ3n) is 1.55. The molecule has 0 spiro atoms. The van der Waals surface area contributed by atoms with Gasteiger partial charge in [0.1, 0.15) is 12.6 Å². The Morgan fingerprint density at radius 2 is 2.00 bits per heavy atom. The Hall–Kier alpha value is -1.10. The van der Waals surface area contributed by atoms with Crippen LogP contribution in [0.25, 0.3) is 0 Å². The van der Waals surface area contributed by atoms with Gasteiger partial charge in [-0.3, -0.25) is 9.59 Å². The molecule has 5 nitrogen and oxygen atoms in total. The minimum Gasteiger partial charge on any atom is -0.481 e. The van der Waals surface area contributed by atoms with E-state index in [1.807, 2.05) is 0 Å². The fourth-order valence-electron chi connectivity index (χ4n) is 0.607. The second-order valence-electron chi connectivity index (χ2n) is 3.08. The lowest BCUT2D eigenvalue weighted by atomic mass is 10.1. The molecular weight excluding hydrogens is 174 g/mol. The maximum Gasteiger partial charge on any atom is 0.323 e. The average molecular weight is 189 g/mol. The third-order valence-corrected chi connectivity index (χ3v) is 1.55. The molecule has 0 fully saturated rings. The summed E-state index contributed by atoms with van der Waals surface area (Å²) in [5.41, 5.74) is 5.45. The number of hydrogen-bond donors (Lipinski definition) is 2. The van der Waals surface area contributed by atoms with Crippen LogP contribution in [0.15, 0.2) is 0 Å². The zero-order chi connectivity index (χ0) is 10.4. The van der Waals surface area contributed by atoms with E-state index in [2.05, 4.69) is 4.74 Å². The predicted molar refractivity (Wildman–Crippen MR) is 46.0 cm³/mol. The summed E-state index contributed by atoms with van der Waals surface area (Å²) < 4.78 is 4.63. The Labute approximate surface area is 76.9 Å². The SMILES string of the molecule is CC(C)[C@@H](N)C(=O)OCCC(=O)O. The van der Waals surface area contributed by atoms with Crippen LogP contribution in [0.1, 0.15) is 20.3 Å². The number of carbonyl (C=O) groups is 2. The van der Waals surface area contributed by atoms with E-state index in [0.29, 0.717) is 0 Å². The molecule has 0 saturated carbocycles. The van der Waals surface area contributed by atoms with Crippen LogP contribution in [-0.4, -0.2) is 29.7 Å². The predicted octanol–water partition coefficient (Wildman–Crippen LogP) is -0.0124. The fourth-order valence-corrected chi connectivity index (χ4v) is 0.607. The van der Waals surface area contributed by atoms with Gasteiger partial charge in [0.25, 0.3) is 0 Å². The summed E-state index contributed by atoms with van der Waals surface area (Å²) in [6, 6.07) is -0.672. The molecule has 1 atom stereocenters. The molecule has 0 saturated heterocycles. The first-order chi connectivity index (χ1) is 5.95. The highest BCUT2D eigenvalue weighted by molar-refractivity contribution is 5.76. The van der Waals surface area contributed by atoms with Crippen LogP contribution in [-0.2, 0) is 14.3 Å². The molecule has 0 aliphatic heterocycles. The summed E-state index contributed by atoms with van der Waals surface area (Å²) in [6.45, 7) is 3.47. The normalized spacial score (nSPS) is 12.6. The molecular formula is C8H15NO4. The van der Waals surface area contributed by atoms with Gasteiger partial charge >= 0.3 is 11.9 Å². The van der Waals surface area contributed by atoms with Gasteiger partial charge in [0.05, 0.1) is 6.42 Å². The Balaban J connectivity index is 3.68. The van der Waals surface area contributed by atoms with E-state index in [0.717, 1.165) is 0 Å². The summed E-state index contributed by atoms with van der Waals surface area (Å²) in [4.78, 5) is 21.1. The van der Waals surface area contributed by atoms with Gasteiger partial charge in [0.15, 0.2) is 0 Å². The zero-order valence-electron chi connectivity index (χ0n) is 7.82. The van der Waals surface area contributed by atoms with Crippen LogP contribution in [0.2, 0.25) is 0 Å². The number of nitrogens with two attached hydrogens (primary N) is 1. The molecule has 0 aromatic carbocycles. The fraction of sp³-hybridized carbons (Fsp3) is 0.750. The first kappa shape index (κ1) is 11.9. The number of rotatable bonds is 5. The summed E-state index contributed by atoms with van der Waals surface area (Å²) in [7, 11) is 0. The number of carbonyl (C=O) groups excluding carboxylic acids is 1. The maximum absolute atomic E-state index is 11.0. The Morgan fingerprint density at radius 3 is 2.38 bits per heavy atom. The van der Waals surface area contributed by atoms with Crippen molar-refractivity contribution in [3.05, 3.63) is 0 Å². The second-order valence-corrected chi connectivity index (χ2v) is 3.08. The van der Waals surface area contributed by atoms with Crippen molar-refractivity contribution in [3.8, 4) is 0 Å². The largest absolute Gasteiger partial charge is 0.481 e. The van der Waals surface area contributed by atoms with Crippen molar-refractivity contribution in [3.63, 3.8) is 0 Å². The van der Waals surface area contributed by atoms with Crippen LogP contribution in [0.4, 0.5) is 0 Å². The number of esters is 1. The molecule has 0 bridgehead atoms. The van der Waals surface area contributed by atoms with Gasteiger partial charge in [0, 0.05) is 0 Å². The summed E-state index contributed by atoms with van der Waals surface area (Å²) in [5.74, 6) is -1.54. The van der Waals surface area contributed by atoms with Gasteiger partial charge in [-0.05, 0) is 5.92 Å². The number of carboxylic acid groups (broad SMARTS) is 1. The van der Waals surface area contributed by atoms with Gasteiger partial charge in [-0.15, -0.1) is 0 Å². The quantitative estimate of drug-likeness (QED) is 0.593. The minimum atomic E-state index is -0.995. The van der Waals surface area contributed by atoms with Crippen molar-refractivity contribution < 1.29 is 19.4 Å². The number of ether oxygens (including phenoxy) is 1. The summed E-state index contributed by atoms with van der Waals surface area (Å²) >= 11 is 0. The van der Waals surface area contributed by atoms with E-state index in [1.54, 1.807) is 13.8 Å². The molecule has 76 valence electrons. The van der Waals surface area contributed by atoms with Crippen LogP contribution in [0.3, 0.4) is 0 Å². The molecule has 0 aliphatic carbocycles. The van der Waals surface area contributed by atoms with Gasteiger partial charge in [-0.2, -0.15) is 0 Å². The molecule has 0 unspecified atom stereocenters. The van der Waals surface area contributed by atoms with E-state index in [1.165, 1.54) is 0 Å². The van der Waals surface area contributed by atoms with Crippen LogP contribution in [0.5, 0.6) is 0 Å². The van der Waals surface area contributed by atoms with Crippen molar-refractivity contribution in [2.45, 2.75) is 26.3 Å². The molecule has 0 aliphatic rings. The lowest BCUT2D eigenvalue weighted by Crippen LogP contribution is -2.37. The van der Waals surface area contributed by atoms with E-state index >= 15 is 0 Å². The molecule has 5 heteroatoms. The molecule has 0 heterocycles. The highest BCUT2D eigenvalue weighted by atomic mass is 16.5. The average Bonchev–Trinajstić information content (AvgIpc) is 2.02. The first-order valence-electron chi connectivity index (χ1n) is 4.09. The maximum atomic E-state index is 11.0. The topological polar surface area (TPSA) is 89.6 Å². The number of hydrogen-bond acceptors (Lipinski definition) is 4. The number of aliphatic carboxylic acids is 1. The molecule has 0 rings (SSSR count). The molecule has 0 amide bonds. The Bertz CT molecular complexity index is 191. The summed E-state index contributed by atoms with van der Waals surface area (Å²) in [6.07, 6.45) is -0.184. The minimum absolute atomic E-state index is 0.00247. The van der Waals surface area contributed by atoms with Gasteiger partial charge in [0.2, 0.25) is 0 Å². The van der Waals surface area contributed by atoms with Gasteiger partial charge in [-0.25, -0.2) is 0 Å². The van der Waals surface area contributed by atoms with Crippen molar-refractivity contribution in [2.75, 3.05) is 6.61 Å². The van der Waals surface area contributed by atoms with Crippen LogP contribution < -0.4 is 5.73 Å². The zero-order valence-corrected chi connectivity index (χ0v) is 7.82. The van der Waals surface area contributed by atoms with E-state index in [-0.39, 0.29) is 18.9 Å².